The SMILES string of the molecule is CC(C)c1csc(N2CC(CS(=O)(=O)Cl)CC2=O)n1. The summed E-state index contributed by atoms with van der Waals surface area (Å²) < 4.78 is 22.1. The summed E-state index contributed by atoms with van der Waals surface area (Å²) in [7, 11) is 1.66. The third kappa shape index (κ3) is 3.67. The molecule has 0 bridgehead atoms. The Hall–Kier alpha value is -0.660. The molecule has 8 heteroatoms. The van der Waals surface area contributed by atoms with Crippen molar-refractivity contribution in [3.8, 4) is 0 Å². The van der Waals surface area contributed by atoms with Crippen molar-refractivity contribution in [2.75, 3.05) is 17.2 Å². The maximum absolute atomic E-state index is 11.9. The number of carbonyl (C=O) groups excluding carboxylic acids is 1. The van der Waals surface area contributed by atoms with Crippen LogP contribution in [0.2, 0.25) is 0 Å². The van der Waals surface area contributed by atoms with Gasteiger partial charge in [0.15, 0.2) is 5.13 Å². The van der Waals surface area contributed by atoms with Gasteiger partial charge in [-0.1, -0.05) is 13.8 Å². The van der Waals surface area contributed by atoms with E-state index in [9.17, 15) is 13.2 Å². The molecule has 19 heavy (non-hydrogen) atoms. The normalized spacial score (nSPS) is 20.5. The molecular weight excluding hydrogens is 308 g/mol. The molecule has 1 aliphatic heterocycles. The van der Waals surface area contributed by atoms with Gasteiger partial charge >= 0.3 is 0 Å². The molecule has 0 spiro atoms. The van der Waals surface area contributed by atoms with Crippen LogP contribution in [0.15, 0.2) is 5.38 Å². The van der Waals surface area contributed by atoms with Gasteiger partial charge in [-0.3, -0.25) is 9.69 Å². The Morgan fingerprint density at radius 3 is 2.79 bits per heavy atom. The smallest absolute Gasteiger partial charge is 0.232 e. The van der Waals surface area contributed by atoms with Gasteiger partial charge in [-0.15, -0.1) is 11.3 Å². The second-order valence-electron chi connectivity index (χ2n) is 4.99. The topological polar surface area (TPSA) is 67.3 Å². The van der Waals surface area contributed by atoms with Crippen molar-refractivity contribution in [3.05, 3.63) is 11.1 Å². The van der Waals surface area contributed by atoms with Crippen LogP contribution in [-0.2, 0) is 13.8 Å². The van der Waals surface area contributed by atoms with E-state index in [4.69, 9.17) is 10.7 Å². The summed E-state index contributed by atoms with van der Waals surface area (Å²) in [5, 5.41) is 2.57. The minimum Gasteiger partial charge on any atom is -0.288 e. The van der Waals surface area contributed by atoms with E-state index in [2.05, 4.69) is 4.98 Å². The average Bonchev–Trinajstić information content (AvgIpc) is 2.82. The van der Waals surface area contributed by atoms with E-state index in [0.717, 1.165) is 5.69 Å². The standard InChI is InChI=1S/C11H15ClN2O3S2/c1-7(2)9-5-18-11(13-9)14-4-8(3-10(14)15)6-19(12,16)17/h5,7-8H,3-4,6H2,1-2H3. The van der Waals surface area contributed by atoms with E-state index in [0.29, 0.717) is 17.6 Å². The predicted molar refractivity (Wildman–Crippen MR) is 76.3 cm³/mol. The summed E-state index contributed by atoms with van der Waals surface area (Å²) in [4.78, 5) is 17.9. The summed E-state index contributed by atoms with van der Waals surface area (Å²) >= 11 is 1.41. The van der Waals surface area contributed by atoms with Crippen LogP contribution in [0.4, 0.5) is 5.13 Å². The van der Waals surface area contributed by atoms with Gasteiger partial charge in [0.05, 0.1) is 11.4 Å². The molecule has 1 atom stereocenters. The molecule has 1 aromatic rings. The molecule has 1 saturated heterocycles. The van der Waals surface area contributed by atoms with Crippen LogP contribution in [0.5, 0.6) is 0 Å². The molecular formula is C11H15ClN2O3S2. The number of thiazole rings is 1. The summed E-state index contributed by atoms with van der Waals surface area (Å²) in [6.07, 6.45) is 0.211. The Morgan fingerprint density at radius 2 is 2.26 bits per heavy atom. The third-order valence-corrected chi connectivity index (χ3v) is 5.10. The number of rotatable bonds is 4. The molecule has 1 amide bonds. The van der Waals surface area contributed by atoms with Crippen LogP contribution in [0.25, 0.3) is 0 Å². The van der Waals surface area contributed by atoms with Crippen LogP contribution in [-0.4, -0.2) is 31.6 Å². The highest BCUT2D eigenvalue weighted by Crippen LogP contribution is 2.30. The van der Waals surface area contributed by atoms with Gasteiger partial charge in [0.1, 0.15) is 0 Å². The Morgan fingerprint density at radius 1 is 1.58 bits per heavy atom. The van der Waals surface area contributed by atoms with Crippen molar-refractivity contribution in [1.82, 2.24) is 4.98 Å². The Kier molecular flexibility index (Phi) is 4.17. The predicted octanol–water partition coefficient (Wildman–Crippen LogP) is 2.19. The zero-order chi connectivity index (χ0) is 14.2. The number of hydrogen-bond acceptors (Lipinski definition) is 5. The number of halogens is 1. The molecule has 0 N–H and O–H groups in total. The number of hydrogen-bond donors (Lipinski definition) is 0. The van der Waals surface area contributed by atoms with Gasteiger partial charge in [0, 0.05) is 34.9 Å². The minimum atomic E-state index is -3.57. The van der Waals surface area contributed by atoms with Crippen LogP contribution < -0.4 is 4.90 Å². The van der Waals surface area contributed by atoms with Crippen molar-refractivity contribution in [2.45, 2.75) is 26.2 Å². The summed E-state index contributed by atoms with van der Waals surface area (Å²) in [6.45, 7) is 4.44. The maximum Gasteiger partial charge on any atom is 0.232 e. The lowest BCUT2D eigenvalue weighted by molar-refractivity contribution is -0.117. The van der Waals surface area contributed by atoms with E-state index < -0.39 is 9.05 Å². The van der Waals surface area contributed by atoms with Crippen LogP contribution in [0.1, 0.15) is 31.9 Å². The highest BCUT2D eigenvalue weighted by Gasteiger charge is 2.34. The van der Waals surface area contributed by atoms with Gasteiger partial charge in [-0.05, 0) is 5.92 Å². The van der Waals surface area contributed by atoms with E-state index in [1.165, 1.54) is 11.3 Å². The minimum absolute atomic E-state index is 0.0880. The van der Waals surface area contributed by atoms with Crippen molar-refractivity contribution in [1.29, 1.82) is 0 Å². The first-order valence-electron chi connectivity index (χ1n) is 5.94. The number of nitrogens with zero attached hydrogens (tertiary/aromatic N) is 2. The first kappa shape index (κ1) is 14.7. The highest BCUT2D eigenvalue weighted by molar-refractivity contribution is 8.13. The first-order valence-corrected chi connectivity index (χ1v) is 9.30. The van der Waals surface area contributed by atoms with Gasteiger partial charge < -0.3 is 0 Å². The number of aromatic nitrogens is 1. The number of carbonyl (C=O) groups is 1. The summed E-state index contributed by atoms with van der Waals surface area (Å²) in [6, 6.07) is 0. The quantitative estimate of drug-likeness (QED) is 0.797. The molecule has 1 unspecified atom stereocenters. The fraction of sp³-hybridized carbons (Fsp3) is 0.636. The molecule has 0 aromatic carbocycles. The fourth-order valence-electron chi connectivity index (χ4n) is 2.03. The Balaban J connectivity index is 2.11. The maximum atomic E-state index is 11.9. The molecule has 5 nitrogen and oxygen atoms in total. The van der Waals surface area contributed by atoms with Crippen LogP contribution in [0, 0.1) is 5.92 Å². The van der Waals surface area contributed by atoms with E-state index in [1.54, 1.807) is 4.90 Å². The zero-order valence-electron chi connectivity index (χ0n) is 10.7. The summed E-state index contributed by atoms with van der Waals surface area (Å²) in [5.74, 6) is -0.197. The lowest BCUT2D eigenvalue weighted by Gasteiger charge is -2.12. The van der Waals surface area contributed by atoms with Crippen molar-refractivity contribution in [3.63, 3.8) is 0 Å². The molecule has 2 rings (SSSR count). The highest BCUT2D eigenvalue weighted by atomic mass is 35.7. The lowest BCUT2D eigenvalue weighted by Crippen LogP contribution is -2.25. The second kappa shape index (κ2) is 5.38. The second-order valence-corrected chi connectivity index (χ2v) is 8.65. The lowest BCUT2D eigenvalue weighted by atomic mass is 10.1. The molecule has 1 fully saturated rings. The molecule has 0 radical (unpaired) electrons. The van der Waals surface area contributed by atoms with E-state index >= 15 is 0 Å². The van der Waals surface area contributed by atoms with Crippen molar-refractivity contribution in [2.24, 2.45) is 5.92 Å². The Bertz CT molecular complexity index is 583. The van der Waals surface area contributed by atoms with Gasteiger partial charge in [-0.2, -0.15) is 0 Å². The average molecular weight is 323 g/mol. The van der Waals surface area contributed by atoms with Crippen LogP contribution >= 0.6 is 22.0 Å². The van der Waals surface area contributed by atoms with Crippen molar-refractivity contribution >= 4 is 42.1 Å². The van der Waals surface area contributed by atoms with Crippen LogP contribution in [0.3, 0.4) is 0 Å². The largest absolute Gasteiger partial charge is 0.288 e. The zero-order valence-corrected chi connectivity index (χ0v) is 13.1. The Labute approximate surface area is 121 Å². The van der Waals surface area contributed by atoms with E-state index in [1.807, 2.05) is 19.2 Å². The van der Waals surface area contributed by atoms with Gasteiger partial charge in [-0.25, -0.2) is 13.4 Å². The summed E-state index contributed by atoms with van der Waals surface area (Å²) in [5.41, 5.74) is 0.946. The van der Waals surface area contributed by atoms with Gasteiger partial charge in [0.2, 0.25) is 15.0 Å². The molecule has 106 valence electrons. The van der Waals surface area contributed by atoms with Gasteiger partial charge in [0.25, 0.3) is 0 Å². The number of anilines is 1. The third-order valence-electron chi connectivity index (χ3n) is 2.97. The molecule has 0 aliphatic carbocycles. The molecule has 2 heterocycles. The molecule has 1 aromatic heterocycles. The molecule has 1 aliphatic rings. The van der Waals surface area contributed by atoms with E-state index in [-0.39, 0.29) is 24.0 Å². The number of amides is 1. The monoisotopic (exact) mass is 322 g/mol. The fourth-order valence-corrected chi connectivity index (χ4v) is 4.36. The first-order chi connectivity index (χ1) is 8.76. The van der Waals surface area contributed by atoms with Crippen molar-refractivity contribution < 1.29 is 13.2 Å². The molecule has 0 saturated carbocycles.